The summed E-state index contributed by atoms with van der Waals surface area (Å²) in [6, 6.07) is 0.601. The Balaban J connectivity index is 2.23. The van der Waals surface area contributed by atoms with Crippen LogP contribution in [0.1, 0.15) is 30.8 Å². The number of aromatic amines is 1. The summed E-state index contributed by atoms with van der Waals surface area (Å²) in [5, 5.41) is 7.31. The molecule has 3 N–H and O–H groups in total. The highest BCUT2D eigenvalue weighted by Gasteiger charge is 2.22. The maximum atomic E-state index is 5.64. The van der Waals surface area contributed by atoms with Gasteiger partial charge >= 0.3 is 0 Å². The smallest absolute Gasteiger partial charge is 0.0805 e. The Labute approximate surface area is 84.5 Å². The highest BCUT2D eigenvalue weighted by Crippen LogP contribution is 2.21. The van der Waals surface area contributed by atoms with E-state index in [1.807, 2.05) is 0 Å². The number of nitrogens with zero attached hydrogens (tertiary/aromatic N) is 2. The van der Waals surface area contributed by atoms with Crippen molar-refractivity contribution in [2.75, 3.05) is 6.54 Å². The van der Waals surface area contributed by atoms with Crippen LogP contribution in [0.5, 0.6) is 0 Å². The van der Waals surface area contributed by atoms with Gasteiger partial charge in [0.2, 0.25) is 0 Å². The number of nitrogens with two attached hydrogens (primary N) is 1. The fraction of sp³-hybridized carbons (Fsp3) is 0.700. The summed E-state index contributed by atoms with van der Waals surface area (Å²) in [4.78, 5) is 2.46. The lowest BCUT2D eigenvalue weighted by molar-refractivity contribution is 0.202. The minimum absolute atomic E-state index is 0.539. The molecule has 0 saturated carbocycles. The highest BCUT2D eigenvalue weighted by molar-refractivity contribution is 5.27. The van der Waals surface area contributed by atoms with E-state index >= 15 is 0 Å². The van der Waals surface area contributed by atoms with Crippen LogP contribution in [0.25, 0.3) is 0 Å². The van der Waals surface area contributed by atoms with Crippen molar-refractivity contribution in [3.63, 3.8) is 0 Å². The van der Waals surface area contributed by atoms with Gasteiger partial charge in [-0.25, -0.2) is 0 Å². The molecule has 4 nitrogen and oxygen atoms in total. The van der Waals surface area contributed by atoms with Gasteiger partial charge in [-0.3, -0.25) is 10.00 Å². The third kappa shape index (κ3) is 1.55. The summed E-state index contributed by atoms with van der Waals surface area (Å²) >= 11 is 0. The predicted molar refractivity (Wildman–Crippen MR) is 55.7 cm³/mol. The second-order valence-electron chi connectivity index (χ2n) is 4.15. The van der Waals surface area contributed by atoms with Gasteiger partial charge in [-0.05, 0) is 13.8 Å². The van der Waals surface area contributed by atoms with Gasteiger partial charge in [-0.15, -0.1) is 0 Å². The van der Waals surface area contributed by atoms with E-state index in [4.69, 9.17) is 5.73 Å². The van der Waals surface area contributed by atoms with Gasteiger partial charge in [0.1, 0.15) is 0 Å². The van der Waals surface area contributed by atoms with Crippen LogP contribution in [0.4, 0.5) is 0 Å². The third-order valence-corrected chi connectivity index (χ3v) is 2.97. The van der Waals surface area contributed by atoms with Crippen LogP contribution in [-0.2, 0) is 19.5 Å². The van der Waals surface area contributed by atoms with Crippen molar-refractivity contribution in [1.82, 2.24) is 15.1 Å². The summed E-state index contributed by atoms with van der Waals surface area (Å²) in [6.07, 6.45) is 1.07. The number of rotatable bonds is 2. The zero-order valence-corrected chi connectivity index (χ0v) is 8.88. The van der Waals surface area contributed by atoms with Crippen molar-refractivity contribution in [3.8, 4) is 0 Å². The summed E-state index contributed by atoms with van der Waals surface area (Å²) in [5.41, 5.74) is 9.28. The number of hydrogen-bond acceptors (Lipinski definition) is 3. The van der Waals surface area contributed by atoms with Crippen molar-refractivity contribution in [2.45, 2.75) is 39.4 Å². The molecule has 0 aliphatic carbocycles. The summed E-state index contributed by atoms with van der Waals surface area (Å²) in [5.74, 6) is 0. The molecule has 4 heteroatoms. The molecule has 0 unspecified atom stereocenters. The lowest BCUT2D eigenvalue weighted by atomic mass is 10.0. The Bertz CT molecular complexity index is 302. The number of H-pyrrole nitrogens is 1. The van der Waals surface area contributed by atoms with Crippen molar-refractivity contribution in [3.05, 3.63) is 17.0 Å². The van der Waals surface area contributed by atoms with Crippen molar-refractivity contribution < 1.29 is 0 Å². The predicted octanol–water partition coefficient (Wildman–Crippen LogP) is 0.635. The van der Waals surface area contributed by atoms with Crippen LogP contribution in [-0.4, -0.2) is 27.7 Å². The Morgan fingerprint density at radius 3 is 3.00 bits per heavy atom. The molecule has 78 valence electrons. The highest BCUT2D eigenvalue weighted by atomic mass is 15.2. The molecule has 1 aliphatic rings. The monoisotopic (exact) mass is 194 g/mol. The first-order valence-electron chi connectivity index (χ1n) is 5.21. The van der Waals surface area contributed by atoms with E-state index in [0.29, 0.717) is 12.6 Å². The number of hydrogen-bond donors (Lipinski definition) is 2. The summed E-state index contributed by atoms with van der Waals surface area (Å²) in [6.45, 7) is 7.12. The minimum Gasteiger partial charge on any atom is -0.325 e. The van der Waals surface area contributed by atoms with Crippen molar-refractivity contribution >= 4 is 0 Å². The quantitative estimate of drug-likeness (QED) is 0.726. The second-order valence-corrected chi connectivity index (χ2v) is 4.15. The van der Waals surface area contributed by atoms with E-state index in [9.17, 15) is 0 Å². The topological polar surface area (TPSA) is 57.9 Å². The summed E-state index contributed by atoms with van der Waals surface area (Å²) in [7, 11) is 0. The molecule has 1 aromatic heterocycles. The first-order valence-corrected chi connectivity index (χ1v) is 5.21. The van der Waals surface area contributed by atoms with Crippen LogP contribution in [0.3, 0.4) is 0 Å². The van der Waals surface area contributed by atoms with Gasteiger partial charge in [0, 0.05) is 43.4 Å². The molecule has 0 aromatic carbocycles. The van der Waals surface area contributed by atoms with E-state index in [2.05, 4.69) is 28.9 Å². The van der Waals surface area contributed by atoms with Gasteiger partial charge in [-0.2, -0.15) is 5.10 Å². The zero-order chi connectivity index (χ0) is 10.1. The lowest BCUT2D eigenvalue weighted by Crippen LogP contribution is -2.36. The molecule has 0 amide bonds. The molecule has 14 heavy (non-hydrogen) atoms. The van der Waals surface area contributed by atoms with Gasteiger partial charge in [-0.1, -0.05) is 0 Å². The van der Waals surface area contributed by atoms with Gasteiger partial charge in [0.15, 0.2) is 0 Å². The van der Waals surface area contributed by atoms with Gasteiger partial charge < -0.3 is 5.73 Å². The standard InChI is InChI=1S/C10H18N4/c1-7(2)14-4-3-9-8(6-14)10(5-11)13-12-9/h7H,3-6,11H2,1-2H3,(H,12,13). The fourth-order valence-electron chi connectivity index (χ4n) is 1.98. The molecule has 0 saturated heterocycles. The first kappa shape index (κ1) is 9.68. The Kier molecular flexibility index (Phi) is 2.56. The number of aromatic nitrogens is 2. The number of nitrogens with one attached hydrogen (secondary N) is 1. The van der Waals surface area contributed by atoms with Crippen molar-refractivity contribution in [1.29, 1.82) is 0 Å². The lowest BCUT2D eigenvalue weighted by Gasteiger charge is -2.30. The second kappa shape index (κ2) is 3.71. The molecule has 0 bridgehead atoms. The van der Waals surface area contributed by atoms with Gasteiger partial charge in [0.05, 0.1) is 5.69 Å². The minimum atomic E-state index is 0.539. The normalized spacial score (nSPS) is 17.4. The van der Waals surface area contributed by atoms with Crippen LogP contribution in [0.2, 0.25) is 0 Å². The molecule has 0 spiro atoms. The Hall–Kier alpha value is -0.870. The van der Waals surface area contributed by atoms with E-state index < -0.39 is 0 Å². The van der Waals surface area contributed by atoms with Crippen LogP contribution in [0.15, 0.2) is 0 Å². The summed E-state index contributed by atoms with van der Waals surface area (Å²) < 4.78 is 0. The van der Waals surface area contributed by atoms with Crippen LogP contribution in [0, 0.1) is 0 Å². The molecule has 1 aromatic rings. The van der Waals surface area contributed by atoms with Gasteiger partial charge in [0.25, 0.3) is 0 Å². The Morgan fingerprint density at radius 1 is 1.57 bits per heavy atom. The van der Waals surface area contributed by atoms with Crippen LogP contribution >= 0.6 is 0 Å². The average molecular weight is 194 g/mol. The first-order chi connectivity index (χ1) is 6.72. The molecule has 1 aliphatic heterocycles. The molecular formula is C10H18N4. The number of fused-ring (bicyclic) bond motifs is 1. The largest absolute Gasteiger partial charge is 0.325 e. The SMILES string of the molecule is CC(C)N1CCc2[nH]nc(CN)c2C1. The molecular weight excluding hydrogens is 176 g/mol. The fourth-order valence-corrected chi connectivity index (χ4v) is 1.98. The molecule has 0 fully saturated rings. The third-order valence-electron chi connectivity index (χ3n) is 2.97. The van der Waals surface area contributed by atoms with Crippen LogP contribution < -0.4 is 5.73 Å². The molecule has 0 atom stereocenters. The average Bonchev–Trinajstić information content (AvgIpc) is 2.59. The zero-order valence-electron chi connectivity index (χ0n) is 8.88. The van der Waals surface area contributed by atoms with E-state index in [1.54, 1.807) is 0 Å². The van der Waals surface area contributed by atoms with E-state index in [-0.39, 0.29) is 0 Å². The van der Waals surface area contributed by atoms with E-state index in [1.165, 1.54) is 11.3 Å². The van der Waals surface area contributed by atoms with E-state index in [0.717, 1.165) is 25.2 Å². The maximum absolute atomic E-state index is 5.64. The molecule has 2 rings (SSSR count). The molecule has 0 radical (unpaired) electrons. The maximum Gasteiger partial charge on any atom is 0.0805 e. The van der Waals surface area contributed by atoms with Crippen molar-refractivity contribution in [2.24, 2.45) is 5.73 Å². The molecule has 2 heterocycles. The Morgan fingerprint density at radius 2 is 2.36 bits per heavy atom.